The highest BCUT2D eigenvalue weighted by molar-refractivity contribution is 8.02. The Hall–Kier alpha value is -0.110. The SMILES string of the molecule is COCOC[C@@H]1[C@H](O)CSC=C[C@@H]1COCOC. The van der Waals surface area contributed by atoms with Crippen molar-refractivity contribution in [2.24, 2.45) is 11.8 Å². The van der Waals surface area contributed by atoms with Crippen LogP contribution in [0, 0.1) is 11.8 Å². The lowest BCUT2D eigenvalue weighted by atomic mass is 9.89. The van der Waals surface area contributed by atoms with Crippen molar-refractivity contribution in [2.45, 2.75) is 6.10 Å². The van der Waals surface area contributed by atoms with E-state index in [0.717, 1.165) is 0 Å². The monoisotopic (exact) mass is 278 g/mol. The molecule has 1 N–H and O–H groups in total. The first kappa shape index (κ1) is 15.9. The Labute approximate surface area is 112 Å². The average molecular weight is 278 g/mol. The third-order valence-corrected chi connectivity index (χ3v) is 3.64. The maximum absolute atomic E-state index is 10.1. The third-order valence-electron chi connectivity index (χ3n) is 2.76. The summed E-state index contributed by atoms with van der Waals surface area (Å²) in [5, 5.41) is 12.1. The van der Waals surface area contributed by atoms with Gasteiger partial charge in [0.1, 0.15) is 13.6 Å². The van der Waals surface area contributed by atoms with Gasteiger partial charge in [0.2, 0.25) is 0 Å². The van der Waals surface area contributed by atoms with E-state index in [1.54, 1.807) is 26.0 Å². The lowest BCUT2D eigenvalue weighted by Gasteiger charge is -2.26. The molecule has 6 heteroatoms. The molecule has 1 aliphatic heterocycles. The molecular weight excluding hydrogens is 256 g/mol. The van der Waals surface area contributed by atoms with Gasteiger partial charge in [0.25, 0.3) is 0 Å². The normalized spacial score (nSPS) is 28.3. The van der Waals surface area contributed by atoms with E-state index in [9.17, 15) is 5.11 Å². The predicted molar refractivity (Wildman–Crippen MR) is 70.2 cm³/mol. The van der Waals surface area contributed by atoms with Gasteiger partial charge in [0.15, 0.2) is 0 Å². The lowest BCUT2D eigenvalue weighted by molar-refractivity contribution is -0.0841. The van der Waals surface area contributed by atoms with Crippen molar-refractivity contribution in [2.75, 3.05) is 46.8 Å². The molecule has 0 saturated carbocycles. The molecule has 0 saturated heterocycles. The Morgan fingerprint density at radius 1 is 1.17 bits per heavy atom. The molecule has 0 aliphatic carbocycles. The predicted octanol–water partition coefficient (Wildman–Crippen LogP) is 1.08. The maximum atomic E-state index is 10.1. The highest BCUT2D eigenvalue weighted by atomic mass is 32.2. The summed E-state index contributed by atoms with van der Waals surface area (Å²) < 4.78 is 20.5. The summed E-state index contributed by atoms with van der Waals surface area (Å²) >= 11 is 1.61. The molecule has 106 valence electrons. The Morgan fingerprint density at radius 2 is 1.83 bits per heavy atom. The Bertz CT molecular complexity index is 237. The van der Waals surface area contributed by atoms with E-state index in [1.165, 1.54) is 0 Å². The minimum atomic E-state index is -0.405. The zero-order valence-electron chi connectivity index (χ0n) is 10.9. The highest BCUT2D eigenvalue weighted by Crippen LogP contribution is 2.26. The number of methoxy groups -OCH3 is 2. The molecule has 0 aromatic heterocycles. The molecule has 0 spiro atoms. The minimum Gasteiger partial charge on any atom is -0.392 e. The van der Waals surface area contributed by atoms with Crippen LogP contribution in [0.4, 0.5) is 0 Å². The molecule has 0 amide bonds. The molecule has 3 atom stereocenters. The van der Waals surface area contributed by atoms with Gasteiger partial charge in [-0.3, -0.25) is 0 Å². The van der Waals surface area contributed by atoms with E-state index in [4.69, 9.17) is 18.9 Å². The summed E-state index contributed by atoms with van der Waals surface area (Å²) in [4.78, 5) is 0. The molecule has 0 aromatic rings. The number of hydrogen-bond acceptors (Lipinski definition) is 6. The Morgan fingerprint density at radius 3 is 2.50 bits per heavy atom. The van der Waals surface area contributed by atoms with E-state index < -0.39 is 6.10 Å². The maximum Gasteiger partial charge on any atom is 0.146 e. The van der Waals surface area contributed by atoms with Crippen LogP contribution in [0.25, 0.3) is 0 Å². The summed E-state index contributed by atoms with van der Waals surface area (Å²) in [5.41, 5.74) is 0. The summed E-state index contributed by atoms with van der Waals surface area (Å²) in [5.74, 6) is 0.823. The number of thioether (sulfide) groups is 1. The fraction of sp³-hybridized carbons (Fsp3) is 0.833. The summed E-state index contributed by atoms with van der Waals surface area (Å²) in [6.07, 6.45) is 1.66. The molecule has 0 bridgehead atoms. The van der Waals surface area contributed by atoms with Crippen molar-refractivity contribution < 1.29 is 24.1 Å². The molecular formula is C12H22O5S. The van der Waals surface area contributed by atoms with Crippen LogP contribution < -0.4 is 0 Å². The number of hydrogen-bond donors (Lipinski definition) is 1. The molecule has 0 unspecified atom stereocenters. The molecule has 1 heterocycles. The smallest absolute Gasteiger partial charge is 0.146 e. The highest BCUT2D eigenvalue weighted by Gasteiger charge is 2.29. The van der Waals surface area contributed by atoms with Gasteiger partial charge >= 0.3 is 0 Å². The van der Waals surface area contributed by atoms with E-state index in [0.29, 0.717) is 19.0 Å². The van der Waals surface area contributed by atoms with E-state index in [1.807, 2.05) is 5.41 Å². The zero-order valence-corrected chi connectivity index (χ0v) is 11.7. The van der Waals surface area contributed by atoms with Gasteiger partial charge in [0.05, 0.1) is 19.3 Å². The number of rotatable bonds is 8. The van der Waals surface area contributed by atoms with Crippen LogP contribution in [-0.4, -0.2) is 58.0 Å². The fourth-order valence-electron chi connectivity index (χ4n) is 1.81. The number of aliphatic hydroxyl groups is 1. The molecule has 0 radical (unpaired) electrons. The van der Waals surface area contributed by atoms with Crippen molar-refractivity contribution in [3.05, 3.63) is 11.5 Å². The minimum absolute atomic E-state index is 0.0169. The van der Waals surface area contributed by atoms with E-state index in [-0.39, 0.29) is 25.4 Å². The van der Waals surface area contributed by atoms with Gasteiger partial charge in [-0.15, -0.1) is 11.8 Å². The van der Waals surface area contributed by atoms with Gasteiger partial charge in [-0.05, 0) is 5.41 Å². The standard InChI is InChI=1S/C12H22O5S/c1-14-8-16-5-10-3-4-18-7-12(13)11(10)6-17-9-15-2/h3-4,10-13H,5-9H2,1-2H3/t10-,11+,12-/m1/s1. The van der Waals surface area contributed by atoms with Gasteiger partial charge in [-0.25, -0.2) is 0 Å². The topological polar surface area (TPSA) is 57.2 Å². The quantitative estimate of drug-likeness (QED) is 0.530. The van der Waals surface area contributed by atoms with E-state index >= 15 is 0 Å². The molecule has 18 heavy (non-hydrogen) atoms. The number of aliphatic hydroxyl groups excluding tert-OH is 1. The largest absolute Gasteiger partial charge is 0.392 e. The fourth-order valence-corrected chi connectivity index (χ4v) is 2.68. The first-order valence-corrected chi connectivity index (χ1v) is 6.94. The van der Waals surface area contributed by atoms with Gasteiger partial charge in [0, 0.05) is 31.8 Å². The third kappa shape index (κ3) is 5.69. The molecule has 1 aliphatic rings. The van der Waals surface area contributed by atoms with Crippen LogP contribution in [0.5, 0.6) is 0 Å². The van der Waals surface area contributed by atoms with Crippen molar-refractivity contribution in [1.82, 2.24) is 0 Å². The second kappa shape index (κ2) is 9.77. The summed E-state index contributed by atoms with van der Waals surface area (Å²) in [6.45, 7) is 1.48. The van der Waals surface area contributed by atoms with Crippen LogP contribution in [0.15, 0.2) is 11.5 Å². The van der Waals surface area contributed by atoms with E-state index in [2.05, 4.69) is 6.08 Å². The van der Waals surface area contributed by atoms with Gasteiger partial charge in [-0.2, -0.15) is 0 Å². The van der Waals surface area contributed by atoms with Crippen LogP contribution >= 0.6 is 11.8 Å². The van der Waals surface area contributed by atoms with Crippen LogP contribution in [-0.2, 0) is 18.9 Å². The first-order valence-electron chi connectivity index (χ1n) is 5.89. The zero-order chi connectivity index (χ0) is 13.2. The van der Waals surface area contributed by atoms with Crippen LogP contribution in [0.2, 0.25) is 0 Å². The van der Waals surface area contributed by atoms with Crippen LogP contribution in [0.3, 0.4) is 0 Å². The van der Waals surface area contributed by atoms with Crippen molar-refractivity contribution >= 4 is 11.8 Å². The van der Waals surface area contributed by atoms with Gasteiger partial charge in [-0.1, -0.05) is 6.08 Å². The Balaban J connectivity index is 2.48. The molecule has 0 fully saturated rings. The first-order chi connectivity index (χ1) is 8.79. The Kier molecular flexibility index (Phi) is 8.66. The van der Waals surface area contributed by atoms with Crippen molar-refractivity contribution in [3.63, 3.8) is 0 Å². The summed E-state index contributed by atoms with van der Waals surface area (Å²) in [6, 6.07) is 0. The number of ether oxygens (including phenoxy) is 4. The second-order valence-corrected chi connectivity index (χ2v) is 5.05. The molecule has 0 aromatic carbocycles. The second-order valence-electron chi connectivity index (χ2n) is 4.11. The lowest BCUT2D eigenvalue weighted by Crippen LogP contribution is -2.34. The van der Waals surface area contributed by atoms with Gasteiger partial charge < -0.3 is 24.1 Å². The molecule has 1 rings (SSSR count). The average Bonchev–Trinajstić information content (AvgIpc) is 2.54. The summed E-state index contributed by atoms with van der Waals surface area (Å²) in [7, 11) is 3.17. The van der Waals surface area contributed by atoms with Crippen LogP contribution in [0.1, 0.15) is 0 Å². The molecule has 5 nitrogen and oxygen atoms in total. The van der Waals surface area contributed by atoms with Crippen molar-refractivity contribution in [1.29, 1.82) is 0 Å². The van der Waals surface area contributed by atoms with Crippen molar-refractivity contribution in [3.8, 4) is 0 Å².